The molecule has 1 aliphatic rings. The molecule has 0 unspecified atom stereocenters. The maximum absolute atomic E-state index is 6.77. The summed E-state index contributed by atoms with van der Waals surface area (Å²) in [6.45, 7) is 14.6. The van der Waals surface area contributed by atoms with E-state index in [1.165, 1.54) is 0 Å². The summed E-state index contributed by atoms with van der Waals surface area (Å²) >= 11 is 0. The first-order chi connectivity index (χ1) is 12.6. The molecule has 0 bridgehead atoms. The molecule has 0 radical (unpaired) electrons. The molecule has 2 aromatic rings. The van der Waals surface area contributed by atoms with E-state index in [1.54, 1.807) is 0 Å². The minimum Gasteiger partial charge on any atom is -0.489 e. The highest BCUT2D eigenvalue weighted by Gasteiger charge is 2.59. The molecular weight excluding hydrogens is 352 g/mol. The monoisotopic (exact) mass is 384 g/mol. The zero-order valence-corrected chi connectivity index (χ0v) is 18.4. The summed E-state index contributed by atoms with van der Waals surface area (Å²) in [5.41, 5.74) is 1.86. The van der Waals surface area contributed by atoms with Crippen LogP contribution in [0.5, 0.6) is 5.75 Å². The molecule has 2 aromatic carbocycles. The lowest BCUT2D eigenvalue weighted by atomic mass is 9.68. The molecule has 3 rings (SSSR count). The Hall–Kier alpha value is -1.62. The summed E-state index contributed by atoms with van der Waals surface area (Å²) < 4.78 is 19.1. The second-order valence-electron chi connectivity index (χ2n) is 9.36. The van der Waals surface area contributed by atoms with E-state index in [4.69, 9.17) is 13.9 Å². The normalized spacial score (nSPS) is 23.0. The lowest BCUT2D eigenvalue weighted by Gasteiger charge is -2.58. The third-order valence-electron chi connectivity index (χ3n) is 5.08. The van der Waals surface area contributed by atoms with Crippen molar-refractivity contribution in [3.8, 4) is 5.75 Å². The van der Waals surface area contributed by atoms with Crippen molar-refractivity contribution in [3.05, 3.63) is 65.7 Å². The van der Waals surface area contributed by atoms with Crippen LogP contribution in [0.2, 0.25) is 19.6 Å². The Labute approximate surface area is 164 Å². The van der Waals surface area contributed by atoms with Gasteiger partial charge in [0.15, 0.2) is 8.32 Å². The van der Waals surface area contributed by atoms with Gasteiger partial charge in [-0.3, -0.25) is 0 Å². The fourth-order valence-electron chi connectivity index (χ4n) is 3.62. The van der Waals surface area contributed by atoms with Crippen LogP contribution >= 0.6 is 0 Å². The van der Waals surface area contributed by atoms with E-state index in [0.29, 0.717) is 13.2 Å². The second kappa shape index (κ2) is 7.42. The number of rotatable bonds is 6. The first-order valence-corrected chi connectivity index (χ1v) is 13.1. The molecule has 146 valence electrons. The van der Waals surface area contributed by atoms with Crippen LogP contribution in [0.3, 0.4) is 0 Å². The van der Waals surface area contributed by atoms with Crippen molar-refractivity contribution in [2.75, 3.05) is 6.61 Å². The summed E-state index contributed by atoms with van der Waals surface area (Å²) in [7, 11) is -1.76. The molecule has 1 saturated heterocycles. The van der Waals surface area contributed by atoms with Gasteiger partial charge in [0, 0.05) is 5.56 Å². The molecule has 0 amide bonds. The number of hydrogen-bond donors (Lipinski definition) is 0. The summed E-state index contributed by atoms with van der Waals surface area (Å²) in [6, 6.07) is 18.4. The van der Waals surface area contributed by atoms with Crippen LogP contribution in [-0.2, 0) is 15.8 Å². The molecule has 3 nitrogen and oxygen atoms in total. The average Bonchev–Trinajstić information content (AvgIpc) is 2.57. The molecular formula is C23H32O3Si. The minimum absolute atomic E-state index is 0.0390. The van der Waals surface area contributed by atoms with Crippen LogP contribution in [-0.4, -0.2) is 20.5 Å². The van der Waals surface area contributed by atoms with Gasteiger partial charge in [0.1, 0.15) is 24.1 Å². The van der Waals surface area contributed by atoms with E-state index >= 15 is 0 Å². The molecule has 2 atom stereocenters. The Bertz CT molecular complexity index is 761. The Morgan fingerprint density at radius 1 is 1.00 bits per heavy atom. The predicted molar refractivity (Wildman–Crippen MR) is 113 cm³/mol. The number of hydrogen-bond acceptors (Lipinski definition) is 3. The van der Waals surface area contributed by atoms with Gasteiger partial charge in [0.05, 0.1) is 6.61 Å². The number of benzene rings is 2. The third kappa shape index (κ3) is 4.28. The summed E-state index contributed by atoms with van der Waals surface area (Å²) in [6.07, 6.45) is -0.115. The van der Waals surface area contributed by atoms with E-state index in [1.807, 2.05) is 36.4 Å². The molecule has 0 aliphatic carbocycles. The van der Waals surface area contributed by atoms with E-state index in [-0.39, 0.29) is 17.1 Å². The zero-order valence-electron chi connectivity index (χ0n) is 17.4. The lowest BCUT2D eigenvalue weighted by molar-refractivity contribution is -0.274. The molecule has 1 fully saturated rings. The van der Waals surface area contributed by atoms with Gasteiger partial charge < -0.3 is 13.9 Å². The summed E-state index contributed by atoms with van der Waals surface area (Å²) in [4.78, 5) is 0. The van der Waals surface area contributed by atoms with Crippen molar-refractivity contribution < 1.29 is 13.9 Å². The van der Waals surface area contributed by atoms with Crippen molar-refractivity contribution in [1.29, 1.82) is 0 Å². The van der Waals surface area contributed by atoms with Crippen LogP contribution in [0.1, 0.15) is 38.0 Å². The van der Waals surface area contributed by atoms with Gasteiger partial charge >= 0.3 is 0 Å². The lowest BCUT2D eigenvalue weighted by Crippen LogP contribution is -2.65. The highest BCUT2D eigenvalue weighted by Crippen LogP contribution is 2.55. The number of ether oxygens (including phenoxy) is 2. The van der Waals surface area contributed by atoms with E-state index in [2.05, 4.69) is 58.6 Å². The van der Waals surface area contributed by atoms with Gasteiger partial charge in [0.2, 0.25) is 0 Å². The standard InChI is InChI=1S/C23H32O3Si/c1-22(2,3)23(26-27(4,5)6)17-25-21(23)19-14-10-11-15-20(19)24-16-18-12-8-7-9-13-18/h7-15,21H,16-17H2,1-6H3/t21-,23-/m0/s1. The fraction of sp³-hybridized carbons (Fsp3) is 0.478. The Balaban J connectivity index is 1.89. The molecule has 0 aromatic heterocycles. The van der Waals surface area contributed by atoms with Gasteiger partial charge in [-0.1, -0.05) is 69.3 Å². The third-order valence-corrected chi connectivity index (χ3v) is 6.06. The van der Waals surface area contributed by atoms with Crippen LogP contribution in [0.4, 0.5) is 0 Å². The summed E-state index contributed by atoms with van der Waals surface area (Å²) in [5.74, 6) is 0.874. The van der Waals surface area contributed by atoms with E-state index in [0.717, 1.165) is 16.9 Å². The van der Waals surface area contributed by atoms with Gasteiger partial charge in [-0.2, -0.15) is 0 Å². The summed E-state index contributed by atoms with van der Waals surface area (Å²) in [5, 5.41) is 0. The average molecular weight is 385 g/mol. The fourth-order valence-corrected chi connectivity index (χ4v) is 5.18. The first kappa shape index (κ1) is 20.1. The van der Waals surface area contributed by atoms with Crippen molar-refractivity contribution >= 4 is 8.32 Å². The molecule has 1 heterocycles. The van der Waals surface area contributed by atoms with Crippen LogP contribution in [0, 0.1) is 5.41 Å². The Morgan fingerprint density at radius 2 is 1.63 bits per heavy atom. The first-order valence-electron chi connectivity index (χ1n) is 9.70. The minimum atomic E-state index is -1.76. The highest BCUT2D eigenvalue weighted by atomic mass is 28.4. The van der Waals surface area contributed by atoms with Crippen molar-refractivity contribution in [1.82, 2.24) is 0 Å². The molecule has 0 saturated carbocycles. The predicted octanol–water partition coefficient (Wildman–Crippen LogP) is 5.97. The van der Waals surface area contributed by atoms with Crippen molar-refractivity contribution in [2.45, 2.75) is 58.7 Å². The maximum atomic E-state index is 6.77. The molecule has 27 heavy (non-hydrogen) atoms. The molecule has 4 heteroatoms. The van der Waals surface area contributed by atoms with E-state index in [9.17, 15) is 0 Å². The van der Waals surface area contributed by atoms with Gasteiger partial charge in [-0.15, -0.1) is 0 Å². The van der Waals surface area contributed by atoms with Crippen LogP contribution in [0.15, 0.2) is 54.6 Å². The quantitative estimate of drug-likeness (QED) is 0.574. The molecule has 0 N–H and O–H groups in total. The SMILES string of the molecule is CC(C)(C)[C@]1(O[Si](C)(C)C)CO[C@H]1c1ccccc1OCc1ccccc1. The smallest absolute Gasteiger partial charge is 0.184 e. The molecule has 0 spiro atoms. The van der Waals surface area contributed by atoms with Crippen LogP contribution < -0.4 is 4.74 Å². The topological polar surface area (TPSA) is 27.7 Å². The molecule has 1 aliphatic heterocycles. The van der Waals surface area contributed by atoms with Crippen molar-refractivity contribution in [2.24, 2.45) is 5.41 Å². The van der Waals surface area contributed by atoms with Gasteiger partial charge in [-0.05, 0) is 36.7 Å². The Morgan fingerprint density at radius 3 is 2.19 bits per heavy atom. The van der Waals surface area contributed by atoms with Gasteiger partial charge in [0.25, 0.3) is 0 Å². The Kier molecular flexibility index (Phi) is 5.53. The maximum Gasteiger partial charge on any atom is 0.184 e. The number of para-hydroxylation sites is 1. The second-order valence-corrected chi connectivity index (χ2v) is 13.8. The van der Waals surface area contributed by atoms with Gasteiger partial charge in [-0.25, -0.2) is 0 Å². The van der Waals surface area contributed by atoms with Crippen molar-refractivity contribution in [3.63, 3.8) is 0 Å². The van der Waals surface area contributed by atoms with Crippen LogP contribution in [0.25, 0.3) is 0 Å². The zero-order chi connectivity index (χ0) is 19.7. The largest absolute Gasteiger partial charge is 0.489 e. The van der Waals surface area contributed by atoms with E-state index < -0.39 is 8.32 Å². The highest BCUT2D eigenvalue weighted by molar-refractivity contribution is 6.69.